The molecule has 1 amide bonds. The molecule has 0 fully saturated rings. The highest BCUT2D eigenvalue weighted by molar-refractivity contribution is 7.10. The van der Waals surface area contributed by atoms with Crippen LogP contribution >= 0.6 is 11.3 Å². The molecule has 1 aromatic heterocycles. The topological polar surface area (TPSA) is 41.1 Å². The van der Waals surface area contributed by atoms with Crippen LogP contribution in [0, 0.1) is 6.92 Å². The van der Waals surface area contributed by atoms with E-state index in [1.165, 1.54) is 11.3 Å². The number of hydrogen-bond acceptors (Lipinski definition) is 3. The van der Waals surface area contributed by atoms with Crippen molar-refractivity contribution in [3.63, 3.8) is 0 Å². The number of amides is 1. The van der Waals surface area contributed by atoms with Gasteiger partial charge in [-0.25, -0.2) is 0 Å². The number of nitrogens with one attached hydrogen (secondary N) is 2. The second kappa shape index (κ2) is 7.61. The van der Waals surface area contributed by atoms with Crippen LogP contribution in [-0.2, 0) is 4.79 Å². The Morgan fingerprint density at radius 2 is 1.91 bits per heavy atom. The minimum absolute atomic E-state index is 0.188. The molecule has 1 heterocycles. The third-order valence-electron chi connectivity index (χ3n) is 3.19. The standard InChI is InChI=1S/C16H17F3N2OS/c1-11-4-6-12(7-5-11)15(13-3-2-8-23-13)20-9-14(22)21-10-16(17,18)19/h2-8,15,20H,9-10H2,1H3,(H,21,22)/t15-/m1/s1. The fourth-order valence-electron chi connectivity index (χ4n) is 2.05. The van der Waals surface area contributed by atoms with E-state index in [0.29, 0.717) is 0 Å². The number of hydrogen-bond donors (Lipinski definition) is 2. The van der Waals surface area contributed by atoms with Crippen molar-refractivity contribution in [1.82, 2.24) is 10.6 Å². The molecule has 0 saturated carbocycles. The van der Waals surface area contributed by atoms with Crippen molar-refractivity contribution in [2.24, 2.45) is 0 Å². The lowest BCUT2D eigenvalue weighted by atomic mass is 10.0. The largest absolute Gasteiger partial charge is 0.405 e. The first-order valence-corrected chi connectivity index (χ1v) is 7.90. The number of carbonyl (C=O) groups excluding carboxylic acids is 1. The second-order valence-electron chi connectivity index (χ2n) is 5.13. The Balaban J connectivity index is 2.02. The van der Waals surface area contributed by atoms with E-state index < -0.39 is 18.6 Å². The Hall–Kier alpha value is -1.86. The molecule has 0 bridgehead atoms. The second-order valence-corrected chi connectivity index (χ2v) is 6.11. The molecule has 0 unspecified atom stereocenters. The summed E-state index contributed by atoms with van der Waals surface area (Å²) in [5.41, 5.74) is 2.07. The molecule has 0 radical (unpaired) electrons. The molecule has 0 saturated heterocycles. The van der Waals surface area contributed by atoms with Gasteiger partial charge in [0.05, 0.1) is 12.6 Å². The first-order chi connectivity index (χ1) is 10.8. The fourth-order valence-corrected chi connectivity index (χ4v) is 2.88. The van der Waals surface area contributed by atoms with Crippen molar-refractivity contribution in [3.05, 3.63) is 57.8 Å². The summed E-state index contributed by atoms with van der Waals surface area (Å²) in [5.74, 6) is -0.684. The highest BCUT2D eigenvalue weighted by Crippen LogP contribution is 2.26. The average Bonchev–Trinajstić information content (AvgIpc) is 3.00. The number of aryl methyl sites for hydroxylation is 1. The normalized spacial score (nSPS) is 12.9. The Morgan fingerprint density at radius 3 is 2.48 bits per heavy atom. The fraction of sp³-hybridized carbons (Fsp3) is 0.312. The maximum absolute atomic E-state index is 12.1. The predicted molar refractivity (Wildman–Crippen MR) is 84.4 cm³/mol. The molecule has 0 aliphatic carbocycles. The van der Waals surface area contributed by atoms with Crippen molar-refractivity contribution < 1.29 is 18.0 Å². The molecule has 2 aromatic rings. The Morgan fingerprint density at radius 1 is 1.22 bits per heavy atom. The van der Waals surface area contributed by atoms with Crippen molar-refractivity contribution in [3.8, 4) is 0 Å². The molecule has 3 nitrogen and oxygen atoms in total. The third-order valence-corrected chi connectivity index (χ3v) is 4.13. The van der Waals surface area contributed by atoms with Crippen LogP contribution in [0.15, 0.2) is 41.8 Å². The average molecular weight is 342 g/mol. The lowest BCUT2D eigenvalue weighted by Crippen LogP contribution is -2.40. The van der Waals surface area contributed by atoms with Crippen molar-refractivity contribution in [2.75, 3.05) is 13.1 Å². The van der Waals surface area contributed by atoms with Crippen LogP contribution in [0.2, 0.25) is 0 Å². The SMILES string of the molecule is Cc1ccc([C@@H](NCC(=O)NCC(F)(F)F)c2cccs2)cc1. The molecule has 2 rings (SSSR count). The van der Waals surface area contributed by atoms with Gasteiger partial charge >= 0.3 is 6.18 Å². The zero-order valence-electron chi connectivity index (χ0n) is 12.5. The van der Waals surface area contributed by atoms with Gasteiger partial charge in [-0.2, -0.15) is 13.2 Å². The van der Waals surface area contributed by atoms with Gasteiger partial charge in [-0.3, -0.25) is 10.1 Å². The minimum Gasteiger partial charge on any atom is -0.346 e. The molecule has 1 atom stereocenters. The smallest absolute Gasteiger partial charge is 0.346 e. The van der Waals surface area contributed by atoms with E-state index in [-0.39, 0.29) is 12.6 Å². The minimum atomic E-state index is -4.40. The van der Waals surface area contributed by atoms with E-state index >= 15 is 0 Å². The lowest BCUT2D eigenvalue weighted by molar-refractivity contribution is -0.137. The van der Waals surface area contributed by atoms with Crippen LogP contribution in [0.4, 0.5) is 13.2 Å². The van der Waals surface area contributed by atoms with E-state index in [9.17, 15) is 18.0 Å². The van der Waals surface area contributed by atoms with Gasteiger partial charge in [0.25, 0.3) is 0 Å². The van der Waals surface area contributed by atoms with E-state index in [4.69, 9.17) is 0 Å². The lowest BCUT2D eigenvalue weighted by Gasteiger charge is -2.18. The van der Waals surface area contributed by atoms with E-state index in [2.05, 4.69) is 5.32 Å². The molecular formula is C16H17F3N2OS. The maximum Gasteiger partial charge on any atom is 0.405 e. The zero-order valence-corrected chi connectivity index (χ0v) is 13.3. The molecule has 0 spiro atoms. The van der Waals surface area contributed by atoms with Gasteiger partial charge in [0, 0.05) is 4.88 Å². The molecule has 0 aliphatic rings. The molecule has 0 aliphatic heterocycles. The number of benzene rings is 1. The molecule has 23 heavy (non-hydrogen) atoms. The highest BCUT2D eigenvalue weighted by atomic mass is 32.1. The highest BCUT2D eigenvalue weighted by Gasteiger charge is 2.27. The van der Waals surface area contributed by atoms with Crippen molar-refractivity contribution in [1.29, 1.82) is 0 Å². The molecule has 7 heteroatoms. The monoisotopic (exact) mass is 342 g/mol. The van der Waals surface area contributed by atoms with E-state index in [0.717, 1.165) is 16.0 Å². The zero-order chi connectivity index (χ0) is 16.9. The van der Waals surface area contributed by atoms with Gasteiger partial charge in [0.2, 0.25) is 5.91 Å². The third kappa shape index (κ3) is 5.69. The number of alkyl halides is 3. The van der Waals surface area contributed by atoms with Crippen LogP contribution in [0.1, 0.15) is 22.0 Å². The first-order valence-electron chi connectivity index (χ1n) is 7.02. The summed E-state index contributed by atoms with van der Waals surface area (Å²) in [7, 11) is 0. The van der Waals surface area contributed by atoms with Gasteiger partial charge in [-0.1, -0.05) is 35.9 Å². The Kier molecular flexibility index (Phi) is 5.79. The Labute approximate surface area is 136 Å². The van der Waals surface area contributed by atoms with Crippen LogP contribution in [0.25, 0.3) is 0 Å². The number of rotatable bonds is 6. The van der Waals surface area contributed by atoms with Gasteiger partial charge < -0.3 is 5.32 Å². The number of carbonyl (C=O) groups is 1. The van der Waals surface area contributed by atoms with Gasteiger partial charge in [-0.05, 0) is 23.9 Å². The van der Waals surface area contributed by atoms with Crippen LogP contribution in [0.3, 0.4) is 0 Å². The quantitative estimate of drug-likeness (QED) is 0.845. The van der Waals surface area contributed by atoms with Crippen molar-refractivity contribution >= 4 is 17.2 Å². The summed E-state index contributed by atoms with van der Waals surface area (Å²) in [5, 5.41) is 6.80. The number of thiophene rings is 1. The van der Waals surface area contributed by atoms with Crippen LogP contribution in [0.5, 0.6) is 0 Å². The Bertz CT molecular complexity index is 624. The summed E-state index contributed by atoms with van der Waals surface area (Å²) in [6.07, 6.45) is -4.40. The summed E-state index contributed by atoms with van der Waals surface area (Å²) in [6.45, 7) is 0.468. The molecule has 124 valence electrons. The summed E-state index contributed by atoms with van der Waals surface area (Å²) >= 11 is 1.53. The maximum atomic E-state index is 12.1. The number of halogens is 3. The molecule has 1 aromatic carbocycles. The van der Waals surface area contributed by atoms with Gasteiger partial charge in [0.15, 0.2) is 0 Å². The summed E-state index contributed by atoms with van der Waals surface area (Å²) in [4.78, 5) is 12.6. The van der Waals surface area contributed by atoms with E-state index in [1.54, 1.807) is 0 Å². The summed E-state index contributed by atoms with van der Waals surface area (Å²) < 4.78 is 36.3. The van der Waals surface area contributed by atoms with Gasteiger partial charge in [0.1, 0.15) is 6.54 Å². The summed E-state index contributed by atoms with van der Waals surface area (Å²) in [6, 6.07) is 11.4. The van der Waals surface area contributed by atoms with Gasteiger partial charge in [-0.15, -0.1) is 11.3 Å². The van der Waals surface area contributed by atoms with Crippen LogP contribution in [-0.4, -0.2) is 25.2 Å². The first kappa shape index (κ1) is 17.5. The molecular weight excluding hydrogens is 325 g/mol. The van der Waals surface area contributed by atoms with E-state index in [1.807, 2.05) is 54.0 Å². The van der Waals surface area contributed by atoms with Crippen molar-refractivity contribution in [2.45, 2.75) is 19.1 Å². The predicted octanol–water partition coefficient (Wildman–Crippen LogP) is 3.41. The molecule has 2 N–H and O–H groups in total. The van der Waals surface area contributed by atoms with Crippen LogP contribution < -0.4 is 10.6 Å².